The quantitative estimate of drug-likeness (QED) is 0.744. The largest absolute Gasteiger partial charge is 0.390 e. The molecule has 0 aromatic rings. The normalized spacial score (nSPS) is 22.6. The second-order valence-electron chi connectivity index (χ2n) is 5.25. The SMILES string of the molecule is CN(C)CC(O)CN1OCCC(C)(C)C1=O. The van der Waals surface area contributed by atoms with Crippen LogP contribution in [0, 0.1) is 5.41 Å². The summed E-state index contributed by atoms with van der Waals surface area (Å²) in [6.07, 6.45) is 0.152. The first-order valence-electron chi connectivity index (χ1n) is 5.60. The number of hydrogen-bond donors (Lipinski definition) is 1. The van der Waals surface area contributed by atoms with E-state index in [2.05, 4.69) is 0 Å². The molecule has 5 nitrogen and oxygen atoms in total. The Morgan fingerprint density at radius 1 is 1.56 bits per heavy atom. The summed E-state index contributed by atoms with van der Waals surface area (Å²) >= 11 is 0. The number of carbonyl (C=O) groups excluding carboxylic acids is 1. The Hall–Kier alpha value is -0.650. The molecule has 1 fully saturated rings. The lowest BCUT2D eigenvalue weighted by molar-refractivity contribution is -0.221. The minimum absolute atomic E-state index is 0.0449. The van der Waals surface area contributed by atoms with Crippen LogP contribution in [0.15, 0.2) is 0 Å². The molecule has 1 aliphatic heterocycles. The topological polar surface area (TPSA) is 53.0 Å². The summed E-state index contributed by atoms with van der Waals surface area (Å²) < 4.78 is 0. The van der Waals surface area contributed by atoms with Crippen molar-refractivity contribution in [3.63, 3.8) is 0 Å². The van der Waals surface area contributed by atoms with Gasteiger partial charge in [-0.05, 0) is 20.5 Å². The van der Waals surface area contributed by atoms with Crippen LogP contribution in [0.2, 0.25) is 0 Å². The number of amides is 1. The van der Waals surface area contributed by atoms with Gasteiger partial charge in [0.1, 0.15) is 0 Å². The lowest BCUT2D eigenvalue weighted by Crippen LogP contribution is -2.50. The molecule has 0 aliphatic carbocycles. The molecule has 0 bridgehead atoms. The fourth-order valence-electron chi connectivity index (χ4n) is 1.72. The first kappa shape index (κ1) is 13.4. The molecule has 94 valence electrons. The van der Waals surface area contributed by atoms with E-state index in [4.69, 9.17) is 4.84 Å². The number of hydroxylamine groups is 2. The average Bonchev–Trinajstić information content (AvgIpc) is 2.11. The van der Waals surface area contributed by atoms with Gasteiger partial charge in [0.15, 0.2) is 0 Å². The number of carbonyl (C=O) groups is 1. The number of aliphatic hydroxyl groups excluding tert-OH is 1. The number of nitrogens with zero attached hydrogens (tertiary/aromatic N) is 2. The zero-order chi connectivity index (χ0) is 12.3. The highest BCUT2D eigenvalue weighted by Gasteiger charge is 2.37. The Labute approximate surface area is 96.9 Å². The molecule has 1 atom stereocenters. The van der Waals surface area contributed by atoms with Crippen molar-refractivity contribution in [1.29, 1.82) is 0 Å². The average molecular weight is 230 g/mol. The van der Waals surface area contributed by atoms with Crippen molar-refractivity contribution in [3.8, 4) is 0 Å². The van der Waals surface area contributed by atoms with E-state index in [0.717, 1.165) is 6.42 Å². The van der Waals surface area contributed by atoms with Crippen LogP contribution in [-0.4, -0.2) is 60.9 Å². The maximum absolute atomic E-state index is 11.9. The maximum atomic E-state index is 11.9. The first-order valence-corrected chi connectivity index (χ1v) is 5.60. The van der Waals surface area contributed by atoms with Crippen LogP contribution in [0.4, 0.5) is 0 Å². The van der Waals surface area contributed by atoms with Crippen LogP contribution in [0.3, 0.4) is 0 Å². The second kappa shape index (κ2) is 5.12. The fourth-order valence-corrected chi connectivity index (χ4v) is 1.72. The van der Waals surface area contributed by atoms with E-state index >= 15 is 0 Å². The summed E-state index contributed by atoms with van der Waals surface area (Å²) in [6.45, 7) is 5.10. The predicted octanol–water partition coefficient (Wildman–Crippen LogP) is 0.0990. The van der Waals surface area contributed by atoms with Crippen LogP contribution in [0.5, 0.6) is 0 Å². The lowest BCUT2D eigenvalue weighted by Gasteiger charge is -2.37. The Morgan fingerprint density at radius 2 is 2.19 bits per heavy atom. The van der Waals surface area contributed by atoms with Gasteiger partial charge >= 0.3 is 0 Å². The number of likely N-dealkylation sites (N-methyl/N-ethyl adjacent to an activating group) is 1. The molecule has 1 amide bonds. The van der Waals surface area contributed by atoms with Crippen molar-refractivity contribution in [1.82, 2.24) is 9.96 Å². The third-order valence-corrected chi connectivity index (χ3v) is 2.73. The van der Waals surface area contributed by atoms with Gasteiger partial charge in [0.2, 0.25) is 0 Å². The van der Waals surface area contributed by atoms with E-state index in [1.165, 1.54) is 5.06 Å². The van der Waals surface area contributed by atoms with Crippen molar-refractivity contribution >= 4 is 5.91 Å². The second-order valence-corrected chi connectivity index (χ2v) is 5.25. The van der Waals surface area contributed by atoms with E-state index in [9.17, 15) is 9.90 Å². The number of aliphatic hydroxyl groups is 1. The van der Waals surface area contributed by atoms with Gasteiger partial charge in [0, 0.05) is 12.0 Å². The molecule has 16 heavy (non-hydrogen) atoms. The Balaban J connectivity index is 2.50. The molecule has 1 N–H and O–H groups in total. The smallest absolute Gasteiger partial charge is 0.251 e. The van der Waals surface area contributed by atoms with Crippen molar-refractivity contribution in [3.05, 3.63) is 0 Å². The van der Waals surface area contributed by atoms with Gasteiger partial charge in [0.25, 0.3) is 5.91 Å². The van der Waals surface area contributed by atoms with E-state index in [-0.39, 0.29) is 17.9 Å². The molecule has 1 aliphatic rings. The summed E-state index contributed by atoms with van der Waals surface area (Å²) in [5, 5.41) is 11.0. The van der Waals surface area contributed by atoms with Crippen LogP contribution in [-0.2, 0) is 9.63 Å². The van der Waals surface area contributed by atoms with Gasteiger partial charge < -0.3 is 10.0 Å². The van der Waals surface area contributed by atoms with E-state index in [1.807, 2.05) is 32.8 Å². The molecule has 0 radical (unpaired) electrons. The third-order valence-electron chi connectivity index (χ3n) is 2.73. The van der Waals surface area contributed by atoms with Gasteiger partial charge in [-0.2, -0.15) is 0 Å². The molecule has 0 aromatic heterocycles. The number of β-amino-alcohol motifs (C(OH)–C–C–N with tert-alkyl or cyclic N) is 1. The third kappa shape index (κ3) is 3.43. The lowest BCUT2D eigenvalue weighted by atomic mass is 9.87. The van der Waals surface area contributed by atoms with Crippen molar-refractivity contribution in [2.24, 2.45) is 5.41 Å². The van der Waals surface area contributed by atoms with Crippen LogP contribution in [0.1, 0.15) is 20.3 Å². The fraction of sp³-hybridized carbons (Fsp3) is 0.909. The zero-order valence-electron chi connectivity index (χ0n) is 10.6. The maximum Gasteiger partial charge on any atom is 0.251 e. The van der Waals surface area contributed by atoms with Gasteiger partial charge in [-0.3, -0.25) is 9.63 Å². The molecular weight excluding hydrogens is 208 g/mol. The summed E-state index contributed by atoms with van der Waals surface area (Å²) in [6, 6.07) is 0. The number of hydrogen-bond acceptors (Lipinski definition) is 4. The Bertz CT molecular complexity index is 254. The molecule has 1 saturated heterocycles. The van der Waals surface area contributed by atoms with E-state index < -0.39 is 6.10 Å². The molecular formula is C11H22N2O3. The Kier molecular flexibility index (Phi) is 4.29. The predicted molar refractivity (Wildman–Crippen MR) is 60.6 cm³/mol. The molecule has 0 spiro atoms. The van der Waals surface area contributed by atoms with Gasteiger partial charge in [-0.15, -0.1) is 0 Å². The standard InChI is InChI=1S/C11H22N2O3/c1-11(2)5-6-16-13(10(11)15)8-9(14)7-12(3)4/h9,14H,5-8H2,1-4H3. The van der Waals surface area contributed by atoms with Gasteiger partial charge in [-0.1, -0.05) is 13.8 Å². The minimum Gasteiger partial charge on any atom is -0.390 e. The van der Waals surface area contributed by atoms with E-state index in [1.54, 1.807) is 0 Å². The first-order chi connectivity index (χ1) is 7.33. The minimum atomic E-state index is -0.576. The van der Waals surface area contributed by atoms with Crippen LogP contribution >= 0.6 is 0 Å². The van der Waals surface area contributed by atoms with Gasteiger partial charge in [0.05, 0.1) is 19.3 Å². The van der Waals surface area contributed by atoms with E-state index in [0.29, 0.717) is 13.2 Å². The molecule has 0 saturated carbocycles. The molecule has 1 heterocycles. The summed E-state index contributed by atoms with van der Waals surface area (Å²) in [7, 11) is 3.76. The van der Waals surface area contributed by atoms with Crippen molar-refractivity contribution in [2.75, 3.05) is 33.8 Å². The van der Waals surface area contributed by atoms with Crippen molar-refractivity contribution in [2.45, 2.75) is 26.4 Å². The van der Waals surface area contributed by atoms with Crippen LogP contribution < -0.4 is 0 Å². The summed E-state index contributed by atoms with van der Waals surface area (Å²) in [5.41, 5.74) is -0.379. The monoisotopic (exact) mass is 230 g/mol. The van der Waals surface area contributed by atoms with Crippen LogP contribution in [0.25, 0.3) is 0 Å². The highest BCUT2D eigenvalue weighted by Crippen LogP contribution is 2.28. The summed E-state index contributed by atoms with van der Waals surface area (Å²) in [4.78, 5) is 19.1. The van der Waals surface area contributed by atoms with Crippen molar-refractivity contribution < 1.29 is 14.7 Å². The Morgan fingerprint density at radius 3 is 2.75 bits per heavy atom. The highest BCUT2D eigenvalue weighted by molar-refractivity contribution is 5.81. The molecule has 5 heteroatoms. The summed E-state index contributed by atoms with van der Waals surface area (Å²) in [5.74, 6) is -0.0449. The number of rotatable bonds is 4. The zero-order valence-corrected chi connectivity index (χ0v) is 10.6. The van der Waals surface area contributed by atoms with Gasteiger partial charge in [-0.25, -0.2) is 5.06 Å². The highest BCUT2D eigenvalue weighted by atomic mass is 16.7. The molecule has 1 rings (SSSR count). The molecule has 0 aromatic carbocycles. The molecule has 1 unspecified atom stereocenters.